The molecular weight excluding hydrogens is 268 g/mol. The minimum absolute atomic E-state index is 0.0712. The van der Waals surface area contributed by atoms with Gasteiger partial charge >= 0.3 is 0 Å². The van der Waals surface area contributed by atoms with Crippen molar-refractivity contribution in [3.05, 3.63) is 24.3 Å². The van der Waals surface area contributed by atoms with Gasteiger partial charge in [0, 0.05) is 6.26 Å². The average molecular weight is 286 g/mol. The van der Waals surface area contributed by atoms with E-state index in [1.807, 2.05) is 19.3 Å². The number of ether oxygens (including phenoxy) is 1. The number of hydrazine groups is 1. The van der Waals surface area contributed by atoms with Crippen LogP contribution in [0.4, 0.5) is 0 Å². The lowest BCUT2D eigenvalue weighted by Crippen LogP contribution is -2.44. The largest absolute Gasteiger partial charge is 0.480 e. The van der Waals surface area contributed by atoms with Gasteiger partial charge in [0.2, 0.25) is 0 Å². The Morgan fingerprint density at radius 3 is 2.16 bits per heavy atom. The molecule has 0 aliphatic heterocycles. The van der Waals surface area contributed by atoms with Gasteiger partial charge in [-0.25, -0.2) is 14.3 Å². The quantitative estimate of drug-likeness (QED) is 0.466. The van der Waals surface area contributed by atoms with Crippen LogP contribution < -0.4 is 16.0 Å². The van der Waals surface area contributed by atoms with Crippen molar-refractivity contribution in [2.24, 2.45) is 11.8 Å². The first-order valence-electron chi connectivity index (χ1n) is 5.73. The number of rotatable bonds is 5. The van der Waals surface area contributed by atoms with Crippen molar-refractivity contribution >= 4 is 15.7 Å². The summed E-state index contributed by atoms with van der Waals surface area (Å²) in [6, 6.07) is 5.88. The molecule has 7 heteroatoms. The van der Waals surface area contributed by atoms with Crippen LogP contribution in [0.25, 0.3) is 0 Å². The maximum absolute atomic E-state index is 11.5. The summed E-state index contributed by atoms with van der Waals surface area (Å²) < 4.78 is 28.1. The normalized spacial score (nSPS) is 13.1. The zero-order valence-corrected chi connectivity index (χ0v) is 11.9. The summed E-state index contributed by atoms with van der Waals surface area (Å²) in [5.74, 6) is 5.00. The molecule has 1 rings (SSSR count). The van der Waals surface area contributed by atoms with E-state index in [4.69, 9.17) is 10.6 Å². The second-order valence-corrected chi connectivity index (χ2v) is 6.55. The first-order valence-corrected chi connectivity index (χ1v) is 7.62. The summed E-state index contributed by atoms with van der Waals surface area (Å²) in [4.78, 5) is 11.7. The van der Waals surface area contributed by atoms with Crippen LogP contribution in [0.2, 0.25) is 0 Å². The van der Waals surface area contributed by atoms with E-state index in [1.54, 1.807) is 0 Å². The topological polar surface area (TPSA) is 98.5 Å². The summed E-state index contributed by atoms with van der Waals surface area (Å²) in [6.45, 7) is 3.65. The molecule has 19 heavy (non-hydrogen) atoms. The molecular formula is C12H18N2O4S. The van der Waals surface area contributed by atoms with Gasteiger partial charge in [0.1, 0.15) is 5.75 Å². The highest BCUT2D eigenvalue weighted by molar-refractivity contribution is 7.90. The van der Waals surface area contributed by atoms with Gasteiger partial charge in [-0.3, -0.25) is 10.2 Å². The van der Waals surface area contributed by atoms with Crippen molar-refractivity contribution in [2.75, 3.05) is 6.26 Å². The molecule has 0 aromatic heterocycles. The molecule has 106 valence electrons. The number of nitrogens with two attached hydrogens (primary N) is 1. The van der Waals surface area contributed by atoms with Crippen LogP contribution in [0.15, 0.2) is 29.2 Å². The van der Waals surface area contributed by atoms with Crippen molar-refractivity contribution in [2.45, 2.75) is 24.8 Å². The number of carbonyl (C=O) groups excluding carboxylic acids is 1. The molecule has 1 aromatic carbocycles. The molecule has 0 heterocycles. The van der Waals surface area contributed by atoms with Crippen LogP contribution in [0.5, 0.6) is 5.75 Å². The van der Waals surface area contributed by atoms with Gasteiger partial charge in [-0.2, -0.15) is 0 Å². The monoisotopic (exact) mass is 286 g/mol. The summed E-state index contributed by atoms with van der Waals surface area (Å²) in [6.07, 6.45) is 0.399. The highest BCUT2D eigenvalue weighted by Crippen LogP contribution is 2.19. The molecule has 0 aliphatic rings. The molecule has 0 saturated carbocycles. The molecule has 1 unspecified atom stereocenters. The van der Waals surface area contributed by atoms with Gasteiger partial charge in [-0.15, -0.1) is 0 Å². The number of sulfone groups is 1. The van der Waals surface area contributed by atoms with Gasteiger partial charge in [-0.05, 0) is 30.2 Å². The third-order valence-corrected chi connectivity index (χ3v) is 3.65. The maximum Gasteiger partial charge on any atom is 0.275 e. The van der Waals surface area contributed by atoms with Crippen LogP contribution in [-0.4, -0.2) is 26.7 Å². The summed E-state index contributed by atoms with van der Waals surface area (Å²) >= 11 is 0. The first kappa shape index (κ1) is 15.5. The smallest absolute Gasteiger partial charge is 0.275 e. The first-order chi connectivity index (χ1) is 8.75. The Labute approximate surface area is 112 Å². The highest BCUT2D eigenvalue weighted by atomic mass is 32.2. The van der Waals surface area contributed by atoms with Crippen molar-refractivity contribution in [1.29, 1.82) is 0 Å². The zero-order valence-electron chi connectivity index (χ0n) is 11.1. The molecule has 0 spiro atoms. The molecule has 0 aliphatic carbocycles. The van der Waals surface area contributed by atoms with Crippen LogP contribution in [0.1, 0.15) is 13.8 Å². The number of carbonyl (C=O) groups is 1. The van der Waals surface area contributed by atoms with Crippen LogP contribution in [0, 0.1) is 5.92 Å². The Kier molecular flexibility index (Phi) is 4.90. The second-order valence-electron chi connectivity index (χ2n) is 4.53. The minimum Gasteiger partial charge on any atom is -0.480 e. The molecule has 1 amide bonds. The van der Waals surface area contributed by atoms with Crippen LogP contribution in [-0.2, 0) is 14.6 Å². The van der Waals surface area contributed by atoms with Gasteiger partial charge in [-0.1, -0.05) is 13.8 Å². The summed E-state index contributed by atoms with van der Waals surface area (Å²) in [5.41, 5.74) is 2.04. The molecule has 0 fully saturated rings. The SMILES string of the molecule is CC(C)C(Oc1ccc(S(C)(=O)=O)cc1)C(=O)NN. The predicted octanol–water partition coefficient (Wildman–Crippen LogP) is 0.483. The van der Waals surface area contributed by atoms with Gasteiger partial charge in [0.25, 0.3) is 5.91 Å². The summed E-state index contributed by atoms with van der Waals surface area (Å²) in [5, 5.41) is 0. The average Bonchev–Trinajstić information content (AvgIpc) is 2.34. The number of nitrogens with one attached hydrogen (secondary N) is 1. The van der Waals surface area contributed by atoms with Crippen molar-refractivity contribution in [3.8, 4) is 5.75 Å². The molecule has 3 N–H and O–H groups in total. The molecule has 6 nitrogen and oxygen atoms in total. The highest BCUT2D eigenvalue weighted by Gasteiger charge is 2.23. The van der Waals surface area contributed by atoms with Gasteiger partial charge in [0.15, 0.2) is 15.9 Å². The molecule has 0 saturated heterocycles. The Hall–Kier alpha value is -1.60. The number of hydrogen-bond donors (Lipinski definition) is 2. The van der Waals surface area contributed by atoms with Crippen molar-refractivity contribution in [3.63, 3.8) is 0 Å². The van der Waals surface area contributed by atoms with E-state index < -0.39 is 21.8 Å². The second kappa shape index (κ2) is 6.03. The third-order valence-electron chi connectivity index (χ3n) is 2.52. The van der Waals surface area contributed by atoms with Crippen LogP contribution in [0.3, 0.4) is 0 Å². The van der Waals surface area contributed by atoms with E-state index in [0.717, 1.165) is 6.26 Å². The maximum atomic E-state index is 11.5. The van der Waals surface area contributed by atoms with E-state index in [-0.39, 0.29) is 10.8 Å². The molecule has 1 aromatic rings. The Bertz CT molecular complexity index is 537. The molecule has 0 radical (unpaired) electrons. The molecule has 0 bridgehead atoms. The van der Waals surface area contributed by atoms with E-state index in [1.165, 1.54) is 24.3 Å². The lowest BCUT2D eigenvalue weighted by molar-refractivity contribution is -0.129. The van der Waals surface area contributed by atoms with E-state index in [2.05, 4.69) is 0 Å². The van der Waals surface area contributed by atoms with Crippen molar-refractivity contribution < 1.29 is 17.9 Å². The van der Waals surface area contributed by atoms with E-state index in [9.17, 15) is 13.2 Å². The fourth-order valence-corrected chi connectivity index (χ4v) is 2.12. The van der Waals surface area contributed by atoms with Gasteiger partial charge < -0.3 is 4.74 Å². The van der Waals surface area contributed by atoms with E-state index >= 15 is 0 Å². The zero-order chi connectivity index (χ0) is 14.6. The van der Waals surface area contributed by atoms with E-state index in [0.29, 0.717) is 5.75 Å². The fraction of sp³-hybridized carbons (Fsp3) is 0.417. The lowest BCUT2D eigenvalue weighted by Gasteiger charge is -2.20. The number of amides is 1. The standard InChI is InChI=1S/C12H18N2O4S/c1-8(2)11(12(15)14-13)18-9-4-6-10(7-5-9)19(3,16)17/h4-8,11H,13H2,1-3H3,(H,14,15). The predicted molar refractivity (Wildman–Crippen MR) is 71.1 cm³/mol. The van der Waals surface area contributed by atoms with Crippen LogP contribution >= 0.6 is 0 Å². The Morgan fingerprint density at radius 2 is 1.79 bits per heavy atom. The minimum atomic E-state index is -3.24. The van der Waals surface area contributed by atoms with Crippen molar-refractivity contribution in [1.82, 2.24) is 5.43 Å². The number of benzene rings is 1. The number of hydrogen-bond acceptors (Lipinski definition) is 5. The Balaban J connectivity index is 2.90. The van der Waals surface area contributed by atoms with Gasteiger partial charge in [0.05, 0.1) is 4.90 Å². The third kappa shape index (κ3) is 4.22. The lowest BCUT2D eigenvalue weighted by atomic mass is 10.1. The summed E-state index contributed by atoms with van der Waals surface area (Å²) in [7, 11) is -3.24. The Morgan fingerprint density at radius 1 is 1.26 bits per heavy atom. The molecule has 1 atom stereocenters. The fourth-order valence-electron chi connectivity index (χ4n) is 1.49.